The molecule has 134 heavy (non-hydrogen) atoms. The maximum absolute atomic E-state index is 16.6. The Morgan fingerprint density at radius 2 is 1.16 bits per heavy atom. The number of carbonyl (C=O) groups excluding carboxylic acids is 7. The van der Waals surface area contributed by atoms with Gasteiger partial charge in [0.25, 0.3) is 0 Å². The van der Waals surface area contributed by atoms with Crippen LogP contribution in [0.5, 0.6) is 46.0 Å². The van der Waals surface area contributed by atoms with Gasteiger partial charge in [-0.15, -0.1) is 0 Å². The fraction of sp³-hybridized carbons (Fsp3) is 0.299. The number of aliphatic hydroxyl groups excluding tert-OH is 5. The van der Waals surface area contributed by atoms with Crippen molar-refractivity contribution in [1.29, 1.82) is 0 Å². The van der Waals surface area contributed by atoms with Crippen molar-refractivity contribution >= 4 is 105 Å². The molecule has 0 aromatic heterocycles. The molecule has 0 radical (unpaired) electrons. The number of amides is 7. The van der Waals surface area contributed by atoms with Gasteiger partial charge in [0.15, 0.2) is 29.9 Å². The number of carboxylic acid groups (broad SMARTS) is 1. The normalized spacial score (nSPS) is 25.1. The SMILES string of the molecule is CN[C@H](CC(C)C)C(=O)N[C@H]1C(=O)N[C@@H](CC(N)=O)C(=O)N[C@H]2C(=O)N[C@H]3C(=O)N[C@H](C(=O)N[C@H](C(=O)O)c4cc(O)cc(O)c4-c4cc3ccc4O)[C@H](O)c3ccc(c(Cl)c3)Oc3cc2cc(c3O[C@@H]2O[C@H](CN=P(c3ccccc3)(c3ccccc3)c3ccccc3)[C@@H](O)[C@H](O)[C@H]2O[C@H]2C[C@](C)(NCc3ccc(-c4ccc(Cl)cc4)cc3)[C@H](O)[C@H](C)O2)Oc2ccc(cc2Cl)[C@H]1O. The number of phenolic OH excluding ortho intramolecular Hbond substituents is 3. The van der Waals surface area contributed by atoms with E-state index in [1.807, 2.05) is 141 Å². The highest BCUT2D eigenvalue weighted by Crippen LogP contribution is 2.52. The Morgan fingerprint density at radius 1 is 0.604 bits per heavy atom. The van der Waals surface area contributed by atoms with Crippen LogP contribution < -0.4 is 78.4 Å². The van der Waals surface area contributed by atoms with E-state index in [4.69, 9.17) is 73.7 Å². The van der Waals surface area contributed by atoms with Crippen molar-refractivity contribution in [3.63, 3.8) is 0 Å². The molecular formula is C97H98Cl3N10O23P. The minimum Gasteiger partial charge on any atom is -0.508 e. The van der Waals surface area contributed by atoms with Gasteiger partial charge in [0.05, 0.1) is 48.3 Å². The quantitative estimate of drug-likeness (QED) is 0.0300. The van der Waals surface area contributed by atoms with Crippen molar-refractivity contribution in [2.24, 2.45) is 16.4 Å². The Hall–Kier alpha value is -12.5. The minimum atomic E-state index is -3.21. The molecule has 7 aliphatic heterocycles. The van der Waals surface area contributed by atoms with Crippen LogP contribution >= 0.6 is 41.9 Å². The van der Waals surface area contributed by atoms with Crippen LogP contribution in [0.2, 0.25) is 15.1 Å². The molecule has 10 aromatic carbocycles. The van der Waals surface area contributed by atoms with E-state index in [1.54, 1.807) is 26.0 Å². The van der Waals surface area contributed by atoms with Gasteiger partial charge in [-0.25, -0.2) is 4.79 Å². The standard InChI is InChI=1S/C97H98Cl3N10O23P/c1-47(2)35-65(102-5)89(120)109-80-82(115)53-28-33-69(63(99)37-53)129-71-39-55-40-72(130-70-34-29-54(38-64(70)100)83(116)81-94(125)108-79(95(126)127)62-41-57(111)42-68(113)76(62)61-36-52(27-32-67(61)112)77(91(122)110-81)107-92(123)78(55)106-90(121)66(43-74(101)114)105-93(80)124)86(71)133-96-87(132-75-44-97(4,88(119)48(3)128-75)103-45-49-21-23-50(24-22-49)51-25-30-56(98)31-26-51)85(118)84(117)73(131-96)46-104-134(58-15-9-6-10-16-58,59-17-11-7-12-18-59)60-19-13-8-14-20-60/h6-34,36-42,47-48,65-66,73,75,77-85,87-88,96,102-103,111-113,115-119H,35,43-46H2,1-5H3,(H2,101,114)(H,105,124)(H,106,121)(H,107,123)(H,108,125)(H,109,120)(H,110,122)(H,126,127)/t48-,65+,66-,73+,75-,77+,78+,79-,80+,81-,82+,83+,84+,85-,87+,88+,96-,97-/m0/s1. The van der Waals surface area contributed by atoms with Gasteiger partial charge in [-0.3, -0.25) is 38.3 Å². The average Bonchev–Trinajstić information content (AvgIpc) is 0.755. The summed E-state index contributed by atoms with van der Waals surface area (Å²) < 4.78 is 47.5. The van der Waals surface area contributed by atoms with E-state index in [2.05, 4.69) is 42.5 Å². The zero-order chi connectivity index (χ0) is 95.5. The third kappa shape index (κ3) is 20.6. The molecule has 2 fully saturated rings. The molecule has 0 spiro atoms. The highest BCUT2D eigenvalue weighted by Gasteiger charge is 2.53. The lowest BCUT2D eigenvalue weighted by molar-refractivity contribution is -0.331. The average molecular weight is 1910 g/mol. The van der Waals surface area contributed by atoms with E-state index < -0.39 is 238 Å². The fourth-order valence-electron chi connectivity index (χ4n) is 17.2. The highest BCUT2D eigenvalue weighted by atomic mass is 35.5. The number of primary amides is 1. The Kier molecular flexibility index (Phi) is 29.2. The van der Waals surface area contributed by atoms with Crippen LogP contribution in [-0.4, -0.2) is 186 Å². The van der Waals surface area contributed by atoms with Gasteiger partial charge >= 0.3 is 5.97 Å². The zero-order valence-corrected chi connectivity index (χ0v) is 75.7. The molecule has 19 N–H and O–H groups in total. The molecule has 2 saturated heterocycles. The second-order valence-corrected chi connectivity index (χ2v) is 38.3. The first-order valence-corrected chi connectivity index (χ1v) is 45.8. The van der Waals surface area contributed by atoms with Crippen molar-refractivity contribution in [2.45, 2.75) is 163 Å². The van der Waals surface area contributed by atoms with Crippen LogP contribution in [0.15, 0.2) is 223 Å². The number of hydrogen-bond acceptors (Lipinski definition) is 25. The summed E-state index contributed by atoms with van der Waals surface area (Å²) in [5.41, 5.74) is 4.43. The number of rotatable bonds is 21. The number of benzene rings is 10. The smallest absolute Gasteiger partial charge is 0.330 e. The minimum absolute atomic E-state index is 0.118. The van der Waals surface area contributed by atoms with Crippen molar-refractivity contribution in [3.8, 4) is 68.2 Å². The number of ether oxygens (including phenoxy) is 6. The molecule has 700 valence electrons. The zero-order valence-electron chi connectivity index (χ0n) is 72.6. The largest absolute Gasteiger partial charge is 0.508 e. The Balaban J connectivity index is 0.941. The first-order valence-electron chi connectivity index (χ1n) is 43.0. The molecule has 7 heterocycles. The van der Waals surface area contributed by atoms with Crippen molar-refractivity contribution < 1.29 is 113 Å². The topological polar surface area (TPSA) is 509 Å². The number of nitrogens with zero attached hydrogens (tertiary/aromatic N) is 1. The van der Waals surface area contributed by atoms with Gasteiger partial charge in [0.2, 0.25) is 53.4 Å². The molecule has 0 saturated carbocycles. The van der Waals surface area contributed by atoms with Gasteiger partial charge < -0.3 is 123 Å². The summed E-state index contributed by atoms with van der Waals surface area (Å²) in [5.74, 6) is -15.9. The van der Waals surface area contributed by atoms with E-state index in [9.17, 15) is 60.3 Å². The third-order valence-corrected chi connectivity index (χ3v) is 28.8. The van der Waals surface area contributed by atoms with E-state index in [0.717, 1.165) is 81.1 Å². The number of fused-ring (bicyclic) bond motifs is 15. The van der Waals surface area contributed by atoms with Gasteiger partial charge in [-0.2, -0.15) is 0 Å². The molecule has 11 bridgehead atoms. The van der Waals surface area contributed by atoms with Gasteiger partial charge in [0.1, 0.15) is 89.5 Å². The van der Waals surface area contributed by atoms with Gasteiger partial charge in [-0.1, -0.05) is 194 Å². The summed E-state index contributed by atoms with van der Waals surface area (Å²) in [5, 5.41) is 133. The van der Waals surface area contributed by atoms with Crippen molar-refractivity contribution in [3.05, 3.63) is 267 Å². The number of aliphatic carboxylic acids is 1. The molecule has 18 atom stereocenters. The lowest BCUT2D eigenvalue weighted by Crippen LogP contribution is -2.65. The molecule has 0 aliphatic carbocycles. The molecule has 37 heteroatoms. The molecule has 0 unspecified atom stereocenters. The van der Waals surface area contributed by atoms with Crippen LogP contribution in [0.25, 0.3) is 22.3 Å². The number of likely N-dealkylation sites (N-methyl/N-ethyl adjacent to an activating group) is 1. The predicted octanol–water partition coefficient (Wildman–Crippen LogP) is 8.44. The van der Waals surface area contributed by atoms with Crippen LogP contribution in [0, 0.1) is 5.92 Å². The molecule has 33 nitrogen and oxygen atoms in total. The number of nitrogens with two attached hydrogens (primary N) is 1. The first-order chi connectivity index (χ1) is 64.1. The van der Waals surface area contributed by atoms with Gasteiger partial charge in [-0.05, 0) is 139 Å². The summed E-state index contributed by atoms with van der Waals surface area (Å²) in [6, 6.07) is 43.1. The first kappa shape index (κ1) is 96.0. The summed E-state index contributed by atoms with van der Waals surface area (Å²) >= 11 is 20.9. The summed E-state index contributed by atoms with van der Waals surface area (Å²) in [6.45, 7) is 6.80. The lowest BCUT2D eigenvalue weighted by Gasteiger charge is -2.48. The Labute approximate surface area is 783 Å². The van der Waals surface area contributed by atoms with Crippen LogP contribution in [0.1, 0.15) is 111 Å². The Morgan fingerprint density at radius 3 is 1.73 bits per heavy atom. The number of hydrogen-bond donors (Lipinski definition) is 18. The van der Waals surface area contributed by atoms with Crippen LogP contribution in [0.3, 0.4) is 0 Å². The number of aromatic hydroxyl groups is 3. The number of phenols is 3. The second kappa shape index (κ2) is 40.7. The number of carbonyl (C=O) groups is 8. The van der Waals surface area contributed by atoms with Crippen molar-refractivity contribution in [2.75, 3.05) is 13.6 Å². The highest BCUT2D eigenvalue weighted by molar-refractivity contribution is 7.87. The monoisotopic (exact) mass is 1910 g/mol. The number of aliphatic hydroxyl groups is 5. The Bertz CT molecular complexity index is 6060. The molecule has 7 amide bonds. The molecule has 17 rings (SSSR count). The number of halogens is 3. The summed E-state index contributed by atoms with van der Waals surface area (Å²) in [4.78, 5) is 120. The van der Waals surface area contributed by atoms with Crippen LogP contribution in [0.4, 0.5) is 0 Å². The fourth-order valence-corrected chi connectivity index (χ4v) is 21.4. The van der Waals surface area contributed by atoms with Crippen LogP contribution in [-0.2, 0) is 59.1 Å². The third-order valence-electron chi connectivity index (χ3n) is 24.2. The van der Waals surface area contributed by atoms with Gasteiger partial charge in [0, 0.05) is 62.2 Å². The maximum atomic E-state index is 16.6. The van der Waals surface area contributed by atoms with E-state index >= 15 is 24.0 Å². The van der Waals surface area contributed by atoms with E-state index in [0.29, 0.717) is 5.02 Å². The number of nitrogens with one attached hydrogen (secondary N) is 8. The second-order valence-electron chi connectivity index (χ2n) is 34.0. The van der Waals surface area contributed by atoms with E-state index in [1.165, 1.54) is 37.4 Å². The number of carboxylic acids is 1. The lowest BCUT2D eigenvalue weighted by atomic mass is 9.84. The molecule has 10 aromatic rings. The maximum Gasteiger partial charge on any atom is 0.330 e. The van der Waals surface area contributed by atoms with E-state index in [-0.39, 0.29) is 58.5 Å². The molecular weight excluding hydrogens is 1810 g/mol. The summed E-state index contributed by atoms with van der Waals surface area (Å²) in [7, 11) is -1.73. The van der Waals surface area contributed by atoms with Crippen molar-refractivity contribution in [1.82, 2.24) is 42.5 Å². The molecule has 7 aliphatic rings. The predicted molar refractivity (Wildman–Crippen MR) is 494 cm³/mol. The summed E-state index contributed by atoms with van der Waals surface area (Å²) in [6.07, 6.45) is -18.7.